The fourth-order valence-corrected chi connectivity index (χ4v) is 6.63. The standard InChI is InChI=1S/C24H25ClFN3O6S2/c1-24(2,3)22-20(30)18(23(31)29(22)12-13-8-9-17(26)16(25)10-13)19-15-7-5-6-14(11-27-36(4,32)33)21(15)37(34,35)28-19/h5-10,22,27,30H,11-12H2,1-4H3/t22-/m1/s1. The van der Waals surface area contributed by atoms with Crippen LogP contribution in [0.2, 0.25) is 5.02 Å². The lowest BCUT2D eigenvalue weighted by Gasteiger charge is -2.35. The molecule has 37 heavy (non-hydrogen) atoms. The monoisotopic (exact) mass is 569 g/mol. The van der Waals surface area contributed by atoms with Crippen molar-refractivity contribution in [3.63, 3.8) is 0 Å². The molecule has 2 heterocycles. The molecule has 0 aliphatic carbocycles. The van der Waals surface area contributed by atoms with Gasteiger partial charge in [-0.1, -0.05) is 56.6 Å². The molecule has 1 amide bonds. The molecule has 2 aliphatic heterocycles. The molecule has 0 fully saturated rings. The number of carbonyl (C=O) groups is 1. The fourth-order valence-electron chi connectivity index (χ4n) is 4.57. The zero-order valence-corrected chi connectivity index (χ0v) is 22.8. The van der Waals surface area contributed by atoms with Crippen molar-refractivity contribution in [1.29, 1.82) is 0 Å². The van der Waals surface area contributed by atoms with E-state index in [1.165, 1.54) is 41.3 Å². The number of amides is 1. The van der Waals surface area contributed by atoms with Crippen LogP contribution in [0, 0.1) is 11.2 Å². The van der Waals surface area contributed by atoms with Crippen LogP contribution in [0.5, 0.6) is 0 Å². The predicted octanol–water partition coefficient (Wildman–Crippen LogP) is 3.29. The first-order valence-electron chi connectivity index (χ1n) is 11.1. The zero-order chi connectivity index (χ0) is 27.5. The molecule has 1 atom stereocenters. The summed E-state index contributed by atoms with van der Waals surface area (Å²) in [6.07, 6.45) is 0.947. The SMILES string of the molecule is CC(C)(C)[C@H]1C(O)=C(C2=NS(=O)(=O)c3c(CNS(C)(=O)=O)cccc32)C(=O)N1Cc1ccc(F)c(Cl)c1. The lowest BCUT2D eigenvalue weighted by atomic mass is 9.84. The summed E-state index contributed by atoms with van der Waals surface area (Å²) in [5, 5.41) is 11.2. The number of sulfonamides is 2. The minimum Gasteiger partial charge on any atom is -0.509 e. The van der Waals surface area contributed by atoms with Crippen molar-refractivity contribution >= 4 is 43.3 Å². The third-order valence-electron chi connectivity index (χ3n) is 6.04. The number of benzene rings is 2. The van der Waals surface area contributed by atoms with E-state index in [9.17, 15) is 31.1 Å². The first-order valence-corrected chi connectivity index (χ1v) is 14.8. The molecule has 13 heteroatoms. The van der Waals surface area contributed by atoms with Gasteiger partial charge in [-0.15, -0.1) is 0 Å². The number of aliphatic hydroxyl groups excluding tert-OH is 1. The van der Waals surface area contributed by atoms with Crippen molar-refractivity contribution in [2.45, 2.75) is 44.8 Å². The fraction of sp³-hybridized carbons (Fsp3) is 0.333. The van der Waals surface area contributed by atoms with E-state index in [4.69, 9.17) is 11.6 Å². The first kappa shape index (κ1) is 27.2. The van der Waals surface area contributed by atoms with Crippen molar-refractivity contribution in [3.8, 4) is 0 Å². The van der Waals surface area contributed by atoms with Crippen molar-refractivity contribution in [2.24, 2.45) is 9.81 Å². The second-order valence-corrected chi connectivity index (χ2v) is 13.8. The van der Waals surface area contributed by atoms with Gasteiger partial charge in [0.15, 0.2) is 0 Å². The number of aliphatic hydroxyl groups is 1. The van der Waals surface area contributed by atoms with Crippen LogP contribution in [-0.2, 0) is 37.9 Å². The normalized spacial score (nSPS) is 19.4. The van der Waals surface area contributed by atoms with E-state index < -0.39 is 43.2 Å². The Morgan fingerprint density at radius 3 is 2.49 bits per heavy atom. The number of carbonyl (C=O) groups excluding carboxylic acids is 1. The number of nitrogens with one attached hydrogen (secondary N) is 1. The largest absolute Gasteiger partial charge is 0.509 e. The molecule has 9 nitrogen and oxygen atoms in total. The summed E-state index contributed by atoms with van der Waals surface area (Å²) < 4.78 is 69.0. The Balaban J connectivity index is 1.81. The first-order chi connectivity index (χ1) is 17.0. The Kier molecular flexibility index (Phi) is 6.77. The van der Waals surface area contributed by atoms with Gasteiger partial charge in [-0.3, -0.25) is 4.79 Å². The molecule has 4 rings (SSSR count). The predicted molar refractivity (Wildman–Crippen MR) is 137 cm³/mol. The van der Waals surface area contributed by atoms with Crippen LogP contribution in [0.4, 0.5) is 4.39 Å². The number of nitrogens with zero attached hydrogens (tertiary/aromatic N) is 2. The summed E-state index contributed by atoms with van der Waals surface area (Å²) in [4.78, 5) is 14.9. The third-order valence-corrected chi connectivity index (χ3v) is 8.42. The second kappa shape index (κ2) is 9.19. The Morgan fingerprint density at radius 1 is 1.22 bits per heavy atom. The molecule has 0 spiro atoms. The van der Waals surface area contributed by atoms with Crippen molar-refractivity contribution < 1.29 is 31.1 Å². The molecule has 0 saturated heterocycles. The highest BCUT2D eigenvalue weighted by Crippen LogP contribution is 2.41. The molecule has 0 aromatic heterocycles. The van der Waals surface area contributed by atoms with Gasteiger partial charge >= 0.3 is 0 Å². The van der Waals surface area contributed by atoms with Crippen LogP contribution < -0.4 is 4.72 Å². The highest BCUT2D eigenvalue weighted by molar-refractivity contribution is 7.91. The maximum Gasteiger partial charge on any atom is 0.283 e. The Bertz CT molecular complexity index is 1590. The van der Waals surface area contributed by atoms with Crippen LogP contribution in [0.1, 0.15) is 37.5 Å². The highest BCUT2D eigenvalue weighted by atomic mass is 35.5. The molecule has 0 radical (unpaired) electrons. The van der Waals surface area contributed by atoms with Crippen LogP contribution >= 0.6 is 11.6 Å². The van der Waals surface area contributed by atoms with Crippen LogP contribution in [0.15, 0.2) is 57.0 Å². The minimum atomic E-state index is -4.30. The van der Waals surface area contributed by atoms with Crippen LogP contribution in [-0.4, -0.2) is 50.8 Å². The Labute approximate surface area is 219 Å². The minimum absolute atomic E-state index is 0.0282. The molecule has 2 aromatic carbocycles. The van der Waals surface area contributed by atoms with Gasteiger partial charge in [-0.05, 0) is 28.7 Å². The van der Waals surface area contributed by atoms with E-state index in [0.29, 0.717) is 5.56 Å². The van der Waals surface area contributed by atoms with Gasteiger partial charge in [0.25, 0.3) is 15.9 Å². The van der Waals surface area contributed by atoms with Crippen LogP contribution in [0.3, 0.4) is 0 Å². The van der Waals surface area contributed by atoms with Gasteiger partial charge in [-0.25, -0.2) is 17.5 Å². The lowest BCUT2D eigenvalue weighted by molar-refractivity contribution is -0.129. The van der Waals surface area contributed by atoms with E-state index >= 15 is 0 Å². The van der Waals surface area contributed by atoms with E-state index in [1.807, 2.05) is 20.8 Å². The molecule has 0 saturated carbocycles. The summed E-state index contributed by atoms with van der Waals surface area (Å²) in [6.45, 7) is 5.10. The molecule has 2 aliphatic rings. The topological polar surface area (TPSA) is 133 Å². The number of hydrogen-bond acceptors (Lipinski definition) is 6. The van der Waals surface area contributed by atoms with Gasteiger partial charge < -0.3 is 10.0 Å². The van der Waals surface area contributed by atoms with E-state index in [0.717, 1.165) is 6.26 Å². The van der Waals surface area contributed by atoms with Gasteiger partial charge in [-0.2, -0.15) is 12.8 Å². The highest BCUT2D eigenvalue weighted by Gasteiger charge is 2.49. The summed E-state index contributed by atoms with van der Waals surface area (Å²) in [7, 11) is -7.91. The molecule has 2 N–H and O–H groups in total. The quantitative estimate of drug-likeness (QED) is 0.548. The summed E-state index contributed by atoms with van der Waals surface area (Å²) in [5.41, 5.74) is -0.401. The van der Waals surface area contributed by atoms with Crippen LogP contribution in [0.25, 0.3) is 0 Å². The molecule has 2 aromatic rings. The smallest absolute Gasteiger partial charge is 0.283 e. The molecule has 0 unspecified atom stereocenters. The number of fused-ring (bicyclic) bond motifs is 1. The van der Waals surface area contributed by atoms with E-state index in [1.54, 1.807) is 0 Å². The average Bonchev–Trinajstić information content (AvgIpc) is 3.18. The van der Waals surface area contributed by atoms with Crippen molar-refractivity contribution in [2.75, 3.05) is 6.26 Å². The van der Waals surface area contributed by atoms with Crippen molar-refractivity contribution in [3.05, 3.63) is 75.3 Å². The molecular formula is C24H25ClFN3O6S2. The zero-order valence-electron chi connectivity index (χ0n) is 20.4. The third kappa shape index (κ3) is 5.15. The molecular weight excluding hydrogens is 545 g/mol. The number of halogens is 2. The Morgan fingerprint density at radius 2 is 1.89 bits per heavy atom. The molecule has 198 valence electrons. The average molecular weight is 570 g/mol. The summed E-state index contributed by atoms with van der Waals surface area (Å²) >= 11 is 5.91. The number of hydrogen-bond donors (Lipinski definition) is 2. The van der Waals surface area contributed by atoms with E-state index in [-0.39, 0.29) is 51.2 Å². The lowest BCUT2D eigenvalue weighted by Crippen LogP contribution is -2.43. The van der Waals surface area contributed by atoms with E-state index in [2.05, 4.69) is 9.12 Å². The summed E-state index contributed by atoms with van der Waals surface area (Å²) in [6, 6.07) is 7.59. The van der Waals surface area contributed by atoms with Gasteiger partial charge in [0.1, 0.15) is 27.8 Å². The maximum atomic E-state index is 13.7. The van der Waals surface area contributed by atoms with Crippen molar-refractivity contribution in [1.82, 2.24) is 9.62 Å². The number of rotatable bonds is 6. The molecule has 0 bridgehead atoms. The van der Waals surface area contributed by atoms with Gasteiger partial charge in [0, 0.05) is 18.7 Å². The Hall–Kier alpha value is -2.80. The van der Waals surface area contributed by atoms with Gasteiger partial charge in [0.05, 0.1) is 17.3 Å². The second-order valence-electron chi connectivity index (χ2n) is 10.0. The van der Waals surface area contributed by atoms with Gasteiger partial charge in [0.2, 0.25) is 10.0 Å². The summed E-state index contributed by atoms with van der Waals surface area (Å²) in [5.74, 6) is -1.61. The maximum absolute atomic E-state index is 13.7.